The summed E-state index contributed by atoms with van der Waals surface area (Å²) >= 11 is 0. The van der Waals surface area contributed by atoms with Gasteiger partial charge in [-0.2, -0.15) is 0 Å². The summed E-state index contributed by atoms with van der Waals surface area (Å²) in [6.45, 7) is 5.23. The number of hydrogen-bond donors (Lipinski definition) is 1. The number of hydrogen-bond acceptors (Lipinski definition) is 5. The Hall–Kier alpha value is -2.77. The lowest BCUT2D eigenvalue weighted by Gasteiger charge is -2.28. The van der Waals surface area contributed by atoms with Gasteiger partial charge in [-0.15, -0.1) is 0 Å². The van der Waals surface area contributed by atoms with Crippen LogP contribution in [0.2, 0.25) is 0 Å². The van der Waals surface area contributed by atoms with Gasteiger partial charge in [0.1, 0.15) is 5.41 Å². The van der Waals surface area contributed by atoms with Crippen molar-refractivity contribution in [2.75, 3.05) is 24.0 Å². The number of pyridine rings is 1. The summed E-state index contributed by atoms with van der Waals surface area (Å²) in [4.78, 5) is 34.2. The molecule has 7 nitrogen and oxygen atoms in total. The number of carbonyl (C=O) groups excluding carboxylic acids is 2. The van der Waals surface area contributed by atoms with Gasteiger partial charge in [-0.25, -0.2) is 0 Å². The average Bonchev–Trinajstić information content (AvgIpc) is 3.59. The van der Waals surface area contributed by atoms with Crippen LogP contribution in [0.3, 0.4) is 0 Å². The monoisotopic (exact) mass is 422 g/mol. The zero-order valence-electron chi connectivity index (χ0n) is 18.6. The molecule has 1 aliphatic carbocycles. The average molecular weight is 423 g/mol. The molecule has 1 aromatic carbocycles. The fraction of sp³-hybridized carbons (Fsp3) is 0.458. The zero-order valence-corrected chi connectivity index (χ0v) is 18.6. The summed E-state index contributed by atoms with van der Waals surface area (Å²) in [5, 5.41) is 3.46. The van der Waals surface area contributed by atoms with Gasteiger partial charge in [-0.05, 0) is 56.0 Å². The van der Waals surface area contributed by atoms with Crippen molar-refractivity contribution < 1.29 is 14.3 Å². The maximum Gasteiger partial charge on any atom is 0.242 e. The SMILES string of the molecule is COCc1ncccc1CNCc1ccc2c(c1)N(C)C(=O)C(C)(C)C(=O)N2C1CC1. The smallest absolute Gasteiger partial charge is 0.242 e. The quantitative estimate of drug-likeness (QED) is 0.695. The predicted molar refractivity (Wildman–Crippen MR) is 120 cm³/mol. The molecular weight excluding hydrogens is 392 g/mol. The zero-order chi connectivity index (χ0) is 22.2. The van der Waals surface area contributed by atoms with E-state index in [4.69, 9.17) is 4.74 Å². The number of anilines is 2. The molecule has 4 rings (SSSR count). The largest absolute Gasteiger partial charge is 0.378 e. The Morgan fingerprint density at radius 2 is 1.90 bits per heavy atom. The van der Waals surface area contributed by atoms with Crippen LogP contribution in [-0.4, -0.2) is 37.0 Å². The van der Waals surface area contributed by atoms with Gasteiger partial charge in [0.25, 0.3) is 0 Å². The molecule has 1 N–H and O–H groups in total. The van der Waals surface area contributed by atoms with Gasteiger partial charge in [0, 0.05) is 39.5 Å². The summed E-state index contributed by atoms with van der Waals surface area (Å²) in [6.07, 6.45) is 3.74. The Morgan fingerprint density at radius 1 is 1.13 bits per heavy atom. The van der Waals surface area contributed by atoms with E-state index in [9.17, 15) is 9.59 Å². The van der Waals surface area contributed by atoms with Crippen molar-refractivity contribution in [3.8, 4) is 0 Å². The third-order valence-corrected chi connectivity index (χ3v) is 6.08. The van der Waals surface area contributed by atoms with Gasteiger partial charge in [0.2, 0.25) is 11.8 Å². The molecule has 0 unspecified atom stereocenters. The van der Waals surface area contributed by atoms with E-state index in [0.29, 0.717) is 19.7 Å². The van der Waals surface area contributed by atoms with E-state index in [-0.39, 0.29) is 17.9 Å². The van der Waals surface area contributed by atoms with Crippen LogP contribution >= 0.6 is 0 Å². The number of nitrogens with zero attached hydrogens (tertiary/aromatic N) is 3. The predicted octanol–water partition coefficient (Wildman–Crippen LogP) is 3.02. The van der Waals surface area contributed by atoms with Crippen molar-refractivity contribution in [1.29, 1.82) is 0 Å². The number of carbonyl (C=O) groups is 2. The van der Waals surface area contributed by atoms with Crippen molar-refractivity contribution in [2.24, 2.45) is 5.41 Å². The molecule has 1 saturated carbocycles. The molecule has 2 aromatic rings. The minimum atomic E-state index is -1.08. The topological polar surface area (TPSA) is 74.8 Å². The highest BCUT2D eigenvalue weighted by atomic mass is 16.5. The lowest BCUT2D eigenvalue weighted by atomic mass is 9.90. The second kappa shape index (κ2) is 8.40. The highest BCUT2D eigenvalue weighted by Gasteiger charge is 2.49. The summed E-state index contributed by atoms with van der Waals surface area (Å²) in [5.41, 5.74) is 3.61. The molecule has 2 aliphatic rings. The standard InChI is InChI=1S/C24H30N4O3/c1-24(2)22(29)27(3)21-12-16(7-10-20(21)28(23(24)30)18-8-9-18)13-25-14-17-6-5-11-26-19(17)15-31-4/h5-7,10-12,18,25H,8-9,13-15H2,1-4H3. The van der Waals surface area contributed by atoms with Gasteiger partial charge in [-0.3, -0.25) is 14.6 Å². The molecule has 0 atom stereocenters. The Balaban J connectivity index is 1.56. The lowest BCUT2D eigenvalue weighted by molar-refractivity contribution is -0.137. The molecule has 1 fully saturated rings. The molecule has 2 heterocycles. The molecular formula is C24H30N4O3. The van der Waals surface area contributed by atoms with Gasteiger partial charge >= 0.3 is 0 Å². The highest BCUT2D eigenvalue weighted by molar-refractivity contribution is 6.20. The molecule has 0 bridgehead atoms. The molecule has 1 aromatic heterocycles. The van der Waals surface area contributed by atoms with Crippen molar-refractivity contribution in [3.05, 3.63) is 53.3 Å². The molecule has 1 aliphatic heterocycles. The van der Waals surface area contributed by atoms with Crippen LogP contribution in [0.15, 0.2) is 36.5 Å². The number of ether oxygens (including phenoxy) is 1. The molecule has 31 heavy (non-hydrogen) atoms. The minimum Gasteiger partial charge on any atom is -0.378 e. The van der Waals surface area contributed by atoms with E-state index >= 15 is 0 Å². The molecule has 164 valence electrons. The number of benzene rings is 1. The van der Waals surface area contributed by atoms with E-state index in [1.807, 2.05) is 35.2 Å². The van der Waals surface area contributed by atoms with Crippen LogP contribution < -0.4 is 15.1 Å². The molecule has 0 saturated heterocycles. The first-order chi connectivity index (χ1) is 14.8. The number of nitrogens with one attached hydrogen (secondary N) is 1. The maximum atomic E-state index is 13.2. The Kier molecular flexibility index (Phi) is 5.81. The first-order valence-corrected chi connectivity index (χ1v) is 10.7. The number of rotatable bonds is 7. The van der Waals surface area contributed by atoms with Crippen LogP contribution in [-0.2, 0) is 34.0 Å². The van der Waals surface area contributed by atoms with Crippen molar-refractivity contribution in [3.63, 3.8) is 0 Å². The number of fused-ring (bicyclic) bond motifs is 1. The van der Waals surface area contributed by atoms with Gasteiger partial charge in [0.15, 0.2) is 0 Å². The van der Waals surface area contributed by atoms with E-state index < -0.39 is 5.41 Å². The summed E-state index contributed by atoms with van der Waals surface area (Å²) in [7, 11) is 3.42. The Labute approximate surface area is 183 Å². The highest BCUT2D eigenvalue weighted by Crippen LogP contribution is 2.44. The Morgan fingerprint density at radius 3 is 2.61 bits per heavy atom. The first-order valence-electron chi connectivity index (χ1n) is 10.7. The fourth-order valence-corrected chi connectivity index (χ4v) is 4.12. The van der Waals surface area contributed by atoms with Crippen LogP contribution in [0.4, 0.5) is 11.4 Å². The normalized spacial score (nSPS) is 18.2. The van der Waals surface area contributed by atoms with E-state index in [0.717, 1.165) is 41.0 Å². The number of amides is 2. The molecule has 0 spiro atoms. The number of aromatic nitrogens is 1. The van der Waals surface area contributed by atoms with Gasteiger partial charge in [-0.1, -0.05) is 12.1 Å². The summed E-state index contributed by atoms with van der Waals surface area (Å²) in [5.74, 6) is -0.287. The Bertz CT molecular complexity index is 1000. The maximum absolute atomic E-state index is 13.2. The van der Waals surface area contributed by atoms with Crippen LogP contribution in [0, 0.1) is 5.41 Å². The summed E-state index contributed by atoms with van der Waals surface area (Å²) in [6, 6.07) is 10.2. The van der Waals surface area contributed by atoms with E-state index in [2.05, 4.69) is 10.3 Å². The summed E-state index contributed by atoms with van der Waals surface area (Å²) < 4.78 is 5.23. The van der Waals surface area contributed by atoms with Crippen LogP contribution in [0.25, 0.3) is 0 Å². The molecule has 7 heteroatoms. The van der Waals surface area contributed by atoms with Crippen LogP contribution in [0.5, 0.6) is 0 Å². The minimum absolute atomic E-state index is 0.112. The molecule has 2 amide bonds. The second-order valence-corrected chi connectivity index (χ2v) is 8.86. The van der Waals surface area contributed by atoms with Crippen molar-refractivity contribution in [2.45, 2.75) is 52.4 Å². The number of methoxy groups -OCH3 is 1. The van der Waals surface area contributed by atoms with Gasteiger partial charge < -0.3 is 19.9 Å². The second-order valence-electron chi connectivity index (χ2n) is 8.86. The van der Waals surface area contributed by atoms with Crippen molar-refractivity contribution in [1.82, 2.24) is 10.3 Å². The first kappa shape index (κ1) is 21.5. The van der Waals surface area contributed by atoms with Crippen LogP contribution in [0.1, 0.15) is 43.5 Å². The molecule has 0 radical (unpaired) electrons. The third-order valence-electron chi connectivity index (χ3n) is 6.08. The van der Waals surface area contributed by atoms with E-state index in [1.54, 1.807) is 39.1 Å². The van der Waals surface area contributed by atoms with E-state index in [1.165, 1.54) is 0 Å². The lowest BCUT2D eigenvalue weighted by Crippen LogP contribution is -2.48. The van der Waals surface area contributed by atoms with Gasteiger partial charge in [0.05, 0.1) is 23.7 Å². The fourth-order valence-electron chi connectivity index (χ4n) is 4.12. The third kappa shape index (κ3) is 4.07. The van der Waals surface area contributed by atoms with Crippen molar-refractivity contribution >= 4 is 23.2 Å².